The standard InChI is InChI=1S/C60H39NO2/c1-5-17-40(18-6-1)42-21-15-23-44(35-42)47-37-53(45-24-16-22-43(36-45)41-19-7-2-8-20-41)61-54(38-47)46-31-33-55-57(39-46)63-59-56(62-55)34-32-52-58(59)50-29-13-14-30-51(50)60(52,48-25-9-3-10-26-48)49-27-11-4-12-28-49/h1-39H. The minimum Gasteiger partial charge on any atom is -0.449 e. The van der Waals surface area contributed by atoms with Gasteiger partial charge in [-0.1, -0.05) is 188 Å². The average Bonchev–Trinajstić information content (AvgIpc) is 3.68. The van der Waals surface area contributed by atoms with Crippen LogP contribution in [-0.4, -0.2) is 4.98 Å². The van der Waals surface area contributed by atoms with Crippen molar-refractivity contribution in [2.45, 2.75) is 5.41 Å². The molecule has 0 unspecified atom stereocenters. The number of pyridine rings is 1. The summed E-state index contributed by atoms with van der Waals surface area (Å²) in [5.74, 6) is 2.72. The van der Waals surface area contributed by atoms with E-state index in [2.05, 4.69) is 231 Å². The topological polar surface area (TPSA) is 31.4 Å². The predicted octanol–water partition coefficient (Wildman–Crippen LogP) is 15.7. The molecule has 3 nitrogen and oxygen atoms in total. The highest BCUT2D eigenvalue weighted by molar-refractivity contribution is 5.92. The quantitative estimate of drug-likeness (QED) is 0.161. The van der Waals surface area contributed by atoms with E-state index < -0.39 is 5.41 Å². The second kappa shape index (κ2) is 15.0. The maximum atomic E-state index is 7.11. The Labute approximate surface area is 367 Å². The van der Waals surface area contributed by atoms with Crippen LogP contribution in [0.5, 0.6) is 23.0 Å². The lowest BCUT2D eigenvalue weighted by molar-refractivity contribution is 0.360. The van der Waals surface area contributed by atoms with Crippen LogP contribution < -0.4 is 9.47 Å². The van der Waals surface area contributed by atoms with Gasteiger partial charge in [-0.15, -0.1) is 0 Å². The molecule has 12 rings (SSSR count). The van der Waals surface area contributed by atoms with Crippen LogP contribution in [0.25, 0.3) is 67.0 Å². The molecule has 0 bridgehead atoms. The number of rotatable bonds is 7. The smallest absolute Gasteiger partial charge is 0.178 e. The molecule has 1 aliphatic heterocycles. The molecule has 0 fully saturated rings. The zero-order chi connectivity index (χ0) is 41.7. The largest absolute Gasteiger partial charge is 0.449 e. The number of aromatic nitrogens is 1. The van der Waals surface area contributed by atoms with Gasteiger partial charge in [-0.2, -0.15) is 0 Å². The van der Waals surface area contributed by atoms with Crippen molar-refractivity contribution in [1.29, 1.82) is 0 Å². The Hall–Kier alpha value is -8.27. The molecule has 296 valence electrons. The molecular formula is C60H39NO2. The third-order valence-electron chi connectivity index (χ3n) is 12.6. The van der Waals surface area contributed by atoms with Crippen molar-refractivity contribution in [2.75, 3.05) is 0 Å². The van der Waals surface area contributed by atoms with Crippen LogP contribution >= 0.6 is 0 Å². The van der Waals surface area contributed by atoms with Crippen molar-refractivity contribution >= 4 is 0 Å². The van der Waals surface area contributed by atoms with Crippen LogP contribution in [0.4, 0.5) is 0 Å². The van der Waals surface area contributed by atoms with E-state index in [1.807, 2.05) is 6.07 Å². The van der Waals surface area contributed by atoms with Crippen molar-refractivity contribution in [1.82, 2.24) is 4.98 Å². The summed E-state index contributed by atoms with van der Waals surface area (Å²) in [5.41, 5.74) is 16.9. The Morgan fingerprint density at radius 3 is 1.43 bits per heavy atom. The second-order valence-corrected chi connectivity index (χ2v) is 16.2. The van der Waals surface area contributed by atoms with Crippen LogP contribution in [-0.2, 0) is 5.41 Å². The van der Waals surface area contributed by atoms with E-state index in [-0.39, 0.29) is 0 Å². The van der Waals surface area contributed by atoms with Gasteiger partial charge >= 0.3 is 0 Å². The van der Waals surface area contributed by atoms with Crippen molar-refractivity contribution in [3.8, 4) is 90.0 Å². The Kier molecular flexibility index (Phi) is 8.72. The summed E-state index contributed by atoms with van der Waals surface area (Å²) >= 11 is 0. The summed E-state index contributed by atoms with van der Waals surface area (Å²) in [6.07, 6.45) is 0. The fourth-order valence-corrected chi connectivity index (χ4v) is 9.71. The fraction of sp³-hybridized carbons (Fsp3) is 0.0167. The zero-order valence-corrected chi connectivity index (χ0v) is 34.3. The molecule has 1 aliphatic carbocycles. The minimum absolute atomic E-state index is 0.550. The first-order chi connectivity index (χ1) is 31.2. The number of ether oxygens (including phenoxy) is 2. The molecule has 10 aromatic rings. The number of hydrogen-bond donors (Lipinski definition) is 0. The molecule has 0 atom stereocenters. The summed E-state index contributed by atoms with van der Waals surface area (Å²) in [5, 5.41) is 0. The third-order valence-corrected chi connectivity index (χ3v) is 12.6. The van der Waals surface area contributed by atoms with Crippen LogP contribution in [0.2, 0.25) is 0 Å². The van der Waals surface area contributed by atoms with E-state index in [0.717, 1.165) is 72.8 Å². The van der Waals surface area contributed by atoms with Crippen molar-refractivity contribution < 1.29 is 9.47 Å². The number of hydrogen-bond acceptors (Lipinski definition) is 3. The van der Waals surface area contributed by atoms with E-state index in [0.29, 0.717) is 17.2 Å². The van der Waals surface area contributed by atoms with Gasteiger partial charge < -0.3 is 9.47 Å². The van der Waals surface area contributed by atoms with Gasteiger partial charge in [-0.25, -0.2) is 4.98 Å². The van der Waals surface area contributed by atoms with Crippen molar-refractivity contribution in [2.24, 2.45) is 0 Å². The maximum absolute atomic E-state index is 7.11. The molecule has 2 aliphatic rings. The van der Waals surface area contributed by atoms with Gasteiger partial charge in [-0.3, -0.25) is 0 Å². The summed E-state index contributed by atoms with van der Waals surface area (Å²) < 4.78 is 13.9. The van der Waals surface area contributed by atoms with E-state index in [4.69, 9.17) is 14.5 Å². The van der Waals surface area contributed by atoms with Gasteiger partial charge in [-0.05, 0) is 110 Å². The summed E-state index contributed by atoms with van der Waals surface area (Å²) in [6, 6.07) is 83.7. The first-order valence-electron chi connectivity index (χ1n) is 21.4. The third kappa shape index (κ3) is 6.16. The normalized spacial score (nSPS) is 12.8. The van der Waals surface area contributed by atoms with E-state index in [1.165, 1.54) is 22.3 Å². The highest BCUT2D eigenvalue weighted by atomic mass is 16.6. The summed E-state index contributed by atoms with van der Waals surface area (Å²) in [7, 11) is 0. The van der Waals surface area contributed by atoms with Gasteiger partial charge in [0.15, 0.2) is 23.0 Å². The lowest BCUT2D eigenvalue weighted by Gasteiger charge is -2.34. The highest BCUT2D eigenvalue weighted by Crippen LogP contribution is 2.62. The number of fused-ring (bicyclic) bond motifs is 6. The molecule has 0 spiro atoms. The van der Waals surface area contributed by atoms with E-state index in [1.54, 1.807) is 0 Å². The number of benzene rings is 9. The molecular weight excluding hydrogens is 767 g/mol. The van der Waals surface area contributed by atoms with Crippen molar-refractivity contribution in [3.05, 3.63) is 259 Å². The second-order valence-electron chi connectivity index (χ2n) is 16.2. The van der Waals surface area contributed by atoms with Gasteiger partial charge in [0.05, 0.1) is 16.8 Å². The molecule has 0 amide bonds. The Bertz CT molecular complexity index is 3180. The van der Waals surface area contributed by atoms with Crippen LogP contribution in [0.15, 0.2) is 237 Å². The Morgan fingerprint density at radius 1 is 0.302 bits per heavy atom. The zero-order valence-electron chi connectivity index (χ0n) is 34.3. The molecule has 9 aromatic carbocycles. The first-order valence-corrected chi connectivity index (χ1v) is 21.4. The predicted molar refractivity (Wildman–Crippen MR) is 255 cm³/mol. The summed E-state index contributed by atoms with van der Waals surface area (Å²) in [6.45, 7) is 0. The highest BCUT2D eigenvalue weighted by Gasteiger charge is 2.48. The Balaban J connectivity index is 0.999. The SMILES string of the molecule is c1ccc(-c2cccc(-c3cc(-c4cccc(-c5ccccc5)c4)nc(-c4ccc5c(c4)Oc4c(ccc6c4-c4ccccc4C6(c4ccccc4)c4ccccc4)O5)c3)c2)cc1. The van der Waals surface area contributed by atoms with Crippen LogP contribution in [0.3, 0.4) is 0 Å². The average molecular weight is 806 g/mol. The minimum atomic E-state index is -0.550. The Morgan fingerprint density at radius 2 is 0.794 bits per heavy atom. The van der Waals surface area contributed by atoms with Crippen LogP contribution in [0.1, 0.15) is 22.3 Å². The number of nitrogens with zero attached hydrogens (tertiary/aromatic N) is 1. The maximum Gasteiger partial charge on any atom is 0.178 e. The molecule has 1 aromatic heterocycles. The monoisotopic (exact) mass is 805 g/mol. The van der Waals surface area contributed by atoms with Gasteiger partial charge in [0.2, 0.25) is 0 Å². The lowest BCUT2D eigenvalue weighted by atomic mass is 9.68. The van der Waals surface area contributed by atoms with Crippen molar-refractivity contribution in [3.63, 3.8) is 0 Å². The molecule has 63 heavy (non-hydrogen) atoms. The first kappa shape index (κ1) is 36.6. The summed E-state index contributed by atoms with van der Waals surface area (Å²) in [4.78, 5) is 5.39. The molecule has 0 saturated heterocycles. The molecule has 0 saturated carbocycles. The molecule has 0 N–H and O–H groups in total. The van der Waals surface area contributed by atoms with E-state index in [9.17, 15) is 0 Å². The van der Waals surface area contributed by atoms with E-state index >= 15 is 0 Å². The molecule has 0 radical (unpaired) electrons. The fourth-order valence-electron chi connectivity index (χ4n) is 9.71. The van der Waals surface area contributed by atoms with Gasteiger partial charge in [0, 0.05) is 16.7 Å². The lowest BCUT2D eigenvalue weighted by Crippen LogP contribution is -2.28. The molecule has 3 heteroatoms. The van der Waals surface area contributed by atoms with Gasteiger partial charge in [0.25, 0.3) is 0 Å². The molecule has 2 heterocycles. The van der Waals surface area contributed by atoms with Crippen LogP contribution in [0, 0.1) is 0 Å². The van der Waals surface area contributed by atoms with Gasteiger partial charge in [0.1, 0.15) is 0 Å².